The predicted octanol–water partition coefficient (Wildman–Crippen LogP) is 4.07. The van der Waals surface area contributed by atoms with E-state index in [0.717, 1.165) is 33.6 Å². The number of carbonyl (C=O) groups is 1. The van der Waals surface area contributed by atoms with Crippen LogP contribution in [0.25, 0.3) is 16.7 Å². The lowest BCUT2D eigenvalue weighted by molar-refractivity contribution is -0.113. The molecule has 1 amide bonds. The number of nitrogens with one attached hydrogen (secondary N) is 2. The Morgan fingerprint density at radius 1 is 1.13 bits per heavy atom. The van der Waals surface area contributed by atoms with Gasteiger partial charge >= 0.3 is 0 Å². The number of thioether (sulfide) groups is 1. The van der Waals surface area contributed by atoms with Gasteiger partial charge in [0.05, 0.1) is 17.6 Å². The van der Waals surface area contributed by atoms with Crippen molar-refractivity contribution < 1.29 is 4.79 Å². The molecule has 4 rings (SSSR count). The highest BCUT2D eigenvalue weighted by molar-refractivity contribution is 7.99. The first-order chi connectivity index (χ1) is 14.8. The number of rotatable bonds is 5. The van der Waals surface area contributed by atoms with Gasteiger partial charge in [0, 0.05) is 5.69 Å². The average molecular weight is 434 g/mol. The van der Waals surface area contributed by atoms with E-state index in [1.54, 1.807) is 4.68 Å². The van der Waals surface area contributed by atoms with Crippen LogP contribution in [0.1, 0.15) is 22.3 Å². The Bertz CT molecular complexity index is 1360. The van der Waals surface area contributed by atoms with Gasteiger partial charge in [-0.25, -0.2) is 9.67 Å². The number of aromatic nitrogens is 4. The topological polar surface area (TPSA) is 92.7 Å². The number of hydrogen-bond donors (Lipinski definition) is 2. The number of H-pyrrole nitrogens is 1. The number of anilines is 1. The van der Waals surface area contributed by atoms with Gasteiger partial charge in [-0.3, -0.25) is 9.59 Å². The zero-order valence-corrected chi connectivity index (χ0v) is 18.6. The first kappa shape index (κ1) is 20.9. The number of amides is 1. The van der Waals surface area contributed by atoms with Crippen molar-refractivity contribution in [3.8, 4) is 5.69 Å². The normalized spacial score (nSPS) is 11.1. The van der Waals surface area contributed by atoms with Gasteiger partial charge in [0.1, 0.15) is 5.39 Å². The highest BCUT2D eigenvalue weighted by atomic mass is 32.2. The van der Waals surface area contributed by atoms with E-state index < -0.39 is 0 Å². The minimum atomic E-state index is -0.279. The molecule has 0 fully saturated rings. The van der Waals surface area contributed by atoms with Gasteiger partial charge in [0.15, 0.2) is 10.8 Å². The van der Waals surface area contributed by atoms with Crippen LogP contribution >= 0.6 is 11.8 Å². The lowest BCUT2D eigenvalue weighted by atomic mass is 10.1. The molecule has 0 aliphatic heterocycles. The van der Waals surface area contributed by atoms with Crippen LogP contribution in [-0.4, -0.2) is 31.4 Å². The molecule has 0 radical (unpaired) electrons. The fraction of sp³-hybridized carbons (Fsp3) is 0.217. The zero-order chi connectivity index (χ0) is 22.1. The Labute approximate surface area is 183 Å². The van der Waals surface area contributed by atoms with Crippen LogP contribution < -0.4 is 10.9 Å². The lowest BCUT2D eigenvalue weighted by Gasteiger charge is -2.10. The number of benzene rings is 2. The van der Waals surface area contributed by atoms with E-state index in [2.05, 4.69) is 20.4 Å². The second-order valence-corrected chi connectivity index (χ2v) is 8.50. The molecule has 8 heteroatoms. The van der Waals surface area contributed by atoms with Crippen LogP contribution in [0.2, 0.25) is 0 Å². The van der Waals surface area contributed by atoms with Crippen LogP contribution in [0.3, 0.4) is 0 Å². The van der Waals surface area contributed by atoms with E-state index in [4.69, 9.17) is 0 Å². The maximum absolute atomic E-state index is 12.6. The Morgan fingerprint density at radius 3 is 2.74 bits per heavy atom. The summed E-state index contributed by atoms with van der Waals surface area (Å²) in [6.07, 6.45) is 1.52. The monoisotopic (exact) mass is 433 g/mol. The zero-order valence-electron chi connectivity index (χ0n) is 17.8. The molecular weight excluding hydrogens is 410 g/mol. The van der Waals surface area contributed by atoms with Crippen molar-refractivity contribution in [3.63, 3.8) is 0 Å². The number of fused-ring (bicyclic) bond motifs is 1. The molecule has 0 aliphatic carbocycles. The second kappa shape index (κ2) is 8.39. The highest BCUT2D eigenvalue weighted by Crippen LogP contribution is 2.22. The van der Waals surface area contributed by atoms with E-state index in [0.29, 0.717) is 16.2 Å². The smallest absolute Gasteiger partial charge is 0.262 e. The van der Waals surface area contributed by atoms with Crippen LogP contribution in [0, 0.1) is 27.7 Å². The summed E-state index contributed by atoms with van der Waals surface area (Å²) in [5.74, 6) is -0.0381. The van der Waals surface area contributed by atoms with Gasteiger partial charge in [0.25, 0.3) is 5.56 Å². The first-order valence-electron chi connectivity index (χ1n) is 9.88. The van der Waals surface area contributed by atoms with Crippen molar-refractivity contribution in [2.45, 2.75) is 32.9 Å². The Balaban J connectivity index is 1.59. The minimum Gasteiger partial charge on any atom is -0.325 e. The summed E-state index contributed by atoms with van der Waals surface area (Å²) in [5.41, 5.74) is 6.11. The fourth-order valence-corrected chi connectivity index (χ4v) is 3.95. The van der Waals surface area contributed by atoms with E-state index >= 15 is 0 Å². The van der Waals surface area contributed by atoms with Crippen molar-refractivity contribution in [2.24, 2.45) is 0 Å². The summed E-state index contributed by atoms with van der Waals surface area (Å²) in [5, 5.41) is 8.09. The molecular formula is C23H23N5O2S. The van der Waals surface area contributed by atoms with Gasteiger partial charge in [-0.1, -0.05) is 36.0 Å². The third kappa shape index (κ3) is 4.25. The Kier molecular flexibility index (Phi) is 5.65. The molecule has 4 aromatic rings. The second-order valence-electron chi connectivity index (χ2n) is 7.54. The lowest BCUT2D eigenvalue weighted by Crippen LogP contribution is -2.16. The van der Waals surface area contributed by atoms with E-state index in [1.807, 2.05) is 64.1 Å². The molecule has 0 aliphatic rings. The largest absolute Gasteiger partial charge is 0.325 e. The van der Waals surface area contributed by atoms with Crippen molar-refractivity contribution in [1.29, 1.82) is 0 Å². The van der Waals surface area contributed by atoms with Crippen LogP contribution in [0.15, 0.2) is 52.5 Å². The minimum absolute atomic E-state index is 0.124. The molecule has 2 N–H and O–H groups in total. The molecule has 0 saturated heterocycles. The third-order valence-electron chi connectivity index (χ3n) is 5.23. The SMILES string of the molecule is Cc1ccc(C)c(NC(=O)CSc2nc3c(cnn3-c3cccc(C)c3C)c(=O)[nH]2)c1. The molecule has 31 heavy (non-hydrogen) atoms. The van der Waals surface area contributed by atoms with Crippen LogP contribution in [-0.2, 0) is 4.79 Å². The number of hydrogen-bond acceptors (Lipinski definition) is 5. The van der Waals surface area contributed by atoms with Crippen LogP contribution in [0.5, 0.6) is 0 Å². The maximum Gasteiger partial charge on any atom is 0.262 e. The molecule has 2 aromatic carbocycles. The number of aromatic amines is 1. The summed E-state index contributed by atoms with van der Waals surface area (Å²) in [4.78, 5) is 32.3. The van der Waals surface area contributed by atoms with Crippen molar-refractivity contribution in [3.05, 3.63) is 75.2 Å². The van der Waals surface area contributed by atoms with Gasteiger partial charge in [-0.15, -0.1) is 0 Å². The number of carbonyl (C=O) groups excluding carboxylic acids is 1. The summed E-state index contributed by atoms with van der Waals surface area (Å²) in [6.45, 7) is 7.97. The van der Waals surface area contributed by atoms with Gasteiger partial charge < -0.3 is 10.3 Å². The predicted molar refractivity (Wildman–Crippen MR) is 124 cm³/mol. The average Bonchev–Trinajstić information content (AvgIpc) is 3.15. The fourth-order valence-electron chi connectivity index (χ4n) is 3.30. The molecule has 158 valence electrons. The Hall–Kier alpha value is -3.39. The third-order valence-corrected chi connectivity index (χ3v) is 6.10. The number of aryl methyl sites for hydroxylation is 3. The molecule has 0 spiro atoms. The van der Waals surface area contributed by atoms with E-state index in [1.165, 1.54) is 18.0 Å². The summed E-state index contributed by atoms with van der Waals surface area (Å²) < 4.78 is 1.67. The first-order valence-corrected chi connectivity index (χ1v) is 10.9. The molecule has 2 aromatic heterocycles. The standard InChI is InChI=1S/C23H23N5O2S/c1-13-8-9-15(3)18(10-13)25-20(29)12-31-23-26-21-17(22(30)27-23)11-24-28(21)19-7-5-6-14(2)16(19)4/h5-11H,12H2,1-4H3,(H,25,29)(H,26,27,30). The van der Waals surface area contributed by atoms with Gasteiger partial charge in [-0.05, 0) is 62.1 Å². The molecule has 7 nitrogen and oxygen atoms in total. The van der Waals surface area contributed by atoms with Crippen molar-refractivity contribution in [2.75, 3.05) is 11.1 Å². The van der Waals surface area contributed by atoms with Crippen LogP contribution in [0.4, 0.5) is 5.69 Å². The quantitative estimate of drug-likeness (QED) is 0.366. The Morgan fingerprint density at radius 2 is 1.94 bits per heavy atom. The van der Waals surface area contributed by atoms with E-state index in [9.17, 15) is 9.59 Å². The van der Waals surface area contributed by atoms with Crippen molar-refractivity contribution in [1.82, 2.24) is 19.7 Å². The molecule has 2 heterocycles. The summed E-state index contributed by atoms with van der Waals surface area (Å²) >= 11 is 1.18. The molecule has 0 saturated carbocycles. The molecule has 0 unspecified atom stereocenters. The maximum atomic E-state index is 12.6. The van der Waals surface area contributed by atoms with Gasteiger partial charge in [-0.2, -0.15) is 5.10 Å². The van der Waals surface area contributed by atoms with Gasteiger partial charge in [0.2, 0.25) is 5.91 Å². The summed E-state index contributed by atoms with van der Waals surface area (Å²) in [7, 11) is 0. The summed E-state index contributed by atoms with van der Waals surface area (Å²) in [6, 6.07) is 11.8. The molecule has 0 bridgehead atoms. The van der Waals surface area contributed by atoms with Crippen molar-refractivity contribution >= 4 is 34.4 Å². The highest BCUT2D eigenvalue weighted by Gasteiger charge is 2.15. The van der Waals surface area contributed by atoms with E-state index in [-0.39, 0.29) is 17.2 Å². The molecule has 0 atom stereocenters. The number of nitrogens with zero attached hydrogens (tertiary/aromatic N) is 3.